The van der Waals surface area contributed by atoms with Crippen molar-refractivity contribution in [3.05, 3.63) is 56.6 Å². The molecule has 0 saturated heterocycles. The standard InChI is InChI=1S/C14H5F6N3O3/c15-4-2-5(9(16)10(17)8(4)14(18,19)20)23-6(24)1-3-7(11(23)21)13(26)22-12(3)25/h1-2H,21H2,(H,22,25,26). The van der Waals surface area contributed by atoms with Crippen molar-refractivity contribution in [1.29, 1.82) is 0 Å². The van der Waals surface area contributed by atoms with Crippen LogP contribution >= 0.6 is 0 Å². The number of fused-ring (bicyclic) bond motifs is 1. The minimum atomic E-state index is -5.53. The number of pyridine rings is 1. The molecule has 2 heterocycles. The van der Waals surface area contributed by atoms with Gasteiger partial charge in [0.2, 0.25) is 0 Å². The molecule has 1 aliphatic rings. The summed E-state index contributed by atoms with van der Waals surface area (Å²) in [6, 6.07) is 0.457. The first-order valence-electron chi connectivity index (χ1n) is 6.61. The molecular weight excluding hydrogens is 372 g/mol. The second kappa shape index (κ2) is 5.34. The van der Waals surface area contributed by atoms with E-state index in [0.29, 0.717) is 6.07 Å². The van der Waals surface area contributed by atoms with Crippen molar-refractivity contribution in [2.75, 3.05) is 5.73 Å². The number of hydrogen-bond donors (Lipinski definition) is 2. The fourth-order valence-electron chi connectivity index (χ4n) is 2.53. The lowest BCUT2D eigenvalue weighted by Gasteiger charge is -2.16. The van der Waals surface area contributed by atoms with Crippen LogP contribution < -0.4 is 16.6 Å². The lowest BCUT2D eigenvalue weighted by molar-refractivity contribution is -0.142. The van der Waals surface area contributed by atoms with E-state index in [1.54, 1.807) is 5.32 Å². The first-order chi connectivity index (χ1) is 11.9. The third-order valence-corrected chi connectivity index (χ3v) is 3.62. The predicted octanol–water partition coefficient (Wildman–Crippen LogP) is 1.74. The van der Waals surface area contributed by atoms with E-state index < -0.39 is 69.2 Å². The molecule has 0 radical (unpaired) electrons. The number of hydrogen-bond acceptors (Lipinski definition) is 4. The number of benzene rings is 1. The van der Waals surface area contributed by atoms with Gasteiger partial charge in [-0.2, -0.15) is 13.2 Å². The summed E-state index contributed by atoms with van der Waals surface area (Å²) >= 11 is 0. The van der Waals surface area contributed by atoms with E-state index in [1.165, 1.54) is 0 Å². The van der Waals surface area contributed by atoms with Gasteiger partial charge >= 0.3 is 6.18 Å². The molecule has 3 rings (SSSR count). The van der Waals surface area contributed by atoms with E-state index in [2.05, 4.69) is 0 Å². The molecule has 0 atom stereocenters. The monoisotopic (exact) mass is 377 g/mol. The molecule has 6 nitrogen and oxygen atoms in total. The van der Waals surface area contributed by atoms with Crippen molar-refractivity contribution < 1.29 is 35.9 Å². The summed E-state index contributed by atoms with van der Waals surface area (Å²) in [5.41, 5.74) is -0.563. The molecule has 26 heavy (non-hydrogen) atoms. The normalized spacial score (nSPS) is 13.8. The van der Waals surface area contributed by atoms with E-state index in [1.807, 2.05) is 0 Å². The van der Waals surface area contributed by atoms with Crippen LogP contribution in [0.5, 0.6) is 0 Å². The van der Waals surface area contributed by atoms with Crippen LogP contribution in [0.3, 0.4) is 0 Å². The Labute approximate surface area is 138 Å². The summed E-state index contributed by atoms with van der Waals surface area (Å²) in [6.45, 7) is 0. The Morgan fingerprint density at radius 2 is 1.58 bits per heavy atom. The number of nitrogens with two attached hydrogens (primary N) is 1. The van der Waals surface area contributed by atoms with Crippen LogP contribution in [0.15, 0.2) is 16.9 Å². The van der Waals surface area contributed by atoms with Crippen molar-refractivity contribution in [3.8, 4) is 5.69 Å². The molecule has 0 fully saturated rings. The number of amides is 2. The van der Waals surface area contributed by atoms with Crippen LogP contribution in [0.1, 0.15) is 26.3 Å². The third-order valence-electron chi connectivity index (χ3n) is 3.62. The van der Waals surface area contributed by atoms with E-state index in [9.17, 15) is 40.7 Å². The molecule has 0 saturated carbocycles. The number of carbonyl (C=O) groups excluding carboxylic acids is 2. The summed E-state index contributed by atoms with van der Waals surface area (Å²) in [5.74, 6) is -9.90. The first-order valence-corrected chi connectivity index (χ1v) is 6.61. The Hall–Kier alpha value is -3.31. The molecule has 1 aliphatic heterocycles. The van der Waals surface area contributed by atoms with Gasteiger partial charge in [0.25, 0.3) is 17.4 Å². The maximum absolute atomic E-state index is 14.1. The zero-order valence-corrected chi connectivity index (χ0v) is 12.2. The Kier molecular flexibility index (Phi) is 3.60. The molecule has 136 valence electrons. The second-order valence-corrected chi connectivity index (χ2v) is 5.15. The Morgan fingerprint density at radius 3 is 2.15 bits per heavy atom. The fourth-order valence-corrected chi connectivity index (χ4v) is 2.53. The number of halogens is 6. The van der Waals surface area contributed by atoms with Crippen molar-refractivity contribution in [3.63, 3.8) is 0 Å². The van der Waals surface area contributed by atoms with Crippen LogP contribution in [-0.2, 0) is 6.18 Å². The lowest BCUT2D eigenvalue weighted by atomic mass is 10.1. The van der Waals surface area contributed by atoms with Crippen molar-refractivity contribution >= 4 is 17.6 Å². The molecular formula is C14H5F6N3O3. The van der Waals surface area contributed by atoms with E-state index in [-0.39, 0.29) is 10.6 Å². The summed E-state index contributed by atoms with van der Waals surface area (Å²) in [4.78, 5) is 35.2. The van der Waals surface area contributed by atoms with E-state index in [4.69, 9.17) is 5.73 Å². The molecule has 0 spiro atoms. The van der Waals surface area contributed by atoms with Gasteiger partial charge in [-0.3, -0.25) is 24.3 Å². The number of nitrogens with one attached hydrogen (secondary N) is 1. The Bertz CT molecular complexity index is 1060. The third kappa shape index (κ3) is 2.33. The minimum Gasteiger partial charge on any atom is -0.384 e. The van der Waals surface area contributed by atoms with Crippen LogP contribution in [-0.4, -0.2) is 16.4 Å². The molecule has 12 heteroatoms. The van der Waals surface area contributed by atoms with E-state index >= 15 is 0 Å². The number of nitrogens with zero attached hydrogens (tertiary/aromatic N) is 1. The van der Waals surface area contributed by atoms with Gasteiger partial charge in [-0.1, -0.05) is 0 Å². The van der Waals surface area contributed by atoms with Gasteiger partial charge in [0.15, 0.2) is 11.6 Å². The quantitative estimate of drug-likeness (QED) is 0.450. The summed E-state index contributed by atoms with van der Waals surface area (Å²) < 4.78 is 79.6. The van der Waals surface area contributed by atoms with Gasteiger partial charge in [0, 0.05) is 12.1 Å². The van der Waals surface area contributed by atoms with Crippen LogP contribution in [0.4, 0.5) is 32.2 Å². The molecule has 1 aromatic heterocycles. The number of anilines is 1. The molecule has 2 amide bonds. The van der Waals surface area contributed by atoms with Gasteiger partial charge < -0.3 is 5.73 Å². The summed E-state index contributed by atoms with van der Waals surface area (Å²) in [7, 11) is 0. The predicted molar refractivity (Wildman–Crippen MR) is 73.1 cm³/mol. The van der Waals surface area contributed by atoms with Gasteiger partial charge in [0.05, 0.1) is 16.8 Å². The first kappa shape index (κ1) is 17.5. The number of nitrogen functional groups attached to an aromatic ring is 1. The van der Waals surface area contributed by atoms with Crippen LogP contribution in [0.2, 0.25) is 0 Å². The minimum absolute atomic E-state index is 0.0833. The van der Waals surface area contributed by atoms with E-state index in [0.717, 1.165) is 0 Å². The molecule has 2 aromatic rings. The number of imide groups is 1. The largest absolute Gasteiger partial charge is 0.422 e. The van der Waals surface area contributed by atoms with Crippen molar-refractivity contribution in [2.24, 2.45) is 0 Å². The molecule has 0 bridgehead atoms. The Morgan fingerprint density at radius 1 is 0.962 bits per heavy atom. The zero-order valence-electron chi connectivity index (χ0n) is 12.2. The summed E-state index contributed by atoms with van der Waals surface area (Å²) in [5, 5.41) is 1.79. The van der Waals surface area contributed by atoms with Gasteiger partial charge in [-0.15, -0.1) is 0 Å². The highest BCUT2D eigenvalue weighted by Crippen LogP contribution is 2.36. The molecule has 0 aliphatic carbocycles. The SMILES string of the molecule is Nc1c2c(cc(=O)n1-c1cc(F)c(C(F)(F)F)c(F)c1F)C(=O)NC2=O. The lowest BCUT2D eigenvalue weighted by Crippen LogP contribution is -2.26. The van der Waals surface area contributed by atoms with Crippen LogP contribution in [0.25, 0.3) is 5.69 Å². The van der Waals surface area contributed by atoms with Crippen molar-refractivity contribution in [2.45, 2.75) is 6.18 Å². The van der Waals surface area contributed by atoms with Crippen molar-refractivity contribution in [1.82, 2.24) is 9.88 Å². The van der Waals surface area contributed by atoms with Gasteiger partial charge in [0.1, 0.15) is 17.2 Å². The smallest absolute Gasteiger partial charge is 0.384 e. The Balaban J connectivity index is 2.37. The average Bonchev–Trinajstić information content (AvgIpc) is 2.77. The number of alkyl halides is 3. The number of aromatic nitrogens is 1. The average molecular weight is 377 g/mol. The number of carbonyl (C=O) groups is 2. The summed E-state index contributed by atoms with van der Waals surface area (Å²) in [6.07, 6.45) is -5.53. The highest BCUT2D eigenvalue weighted by molar-refractivity contribution is 6.23. The molecule has 3 N–H and O–H groups in total. The fraction of sp³-hybridized carbons (Fsp3) is 0.0714. The van der Waals surface area contributed by atoms with Crippen LogP contribution in [0, 0.1) is 17.5 Å². The van der Waals surface area contributed by atoms with Gasteiger partial charge in [-0.05, 0) is 0 Å². The maximum Gasteiger partial charge on any atom is 0.422 e. The second-order valence-electron chi connectivity index (χ2n) is 5.15. The molecule has 1 aromatic carbocycles. The zero-order chi connectivity index (χ0) is 19.5. The molecule has 0 unspecified atom stereocenters. The number of rotatable bonds is 1. The maximum atomic E-state index is 14.1. The topological polar surface area (TPSA) is 94.2 Å². The highest BCUT2D eigenvalue weighted by atomic mass is 19.4. The van der Waals surface area contributed by atoms with Gasteiger partial charge in [-0.25, -0.2) is 13.2 Å². The highest BCUT2D eigenvalue weighted by Gasteiger charge is 2.41.